The average molecular weight is 253 g/mol. The predicted molar refractivity (Wildman–Crippen MR) is 68.0 cm³/mol. The summed E-state index contributed by atoms with van der Waals surface area (Å²) in [7, 11) is 0. The van der Waals surface area contributed by atoms with E-state index in [4.69, 9.17) is 0 Å². The van der Waals surface area contributed by atoms with Crippen LogP contribution in [0.3, 0.4) is 0 Å². The Kier molecular flexibility index (Phi) is 4.40. The first-order chi connectivity index (χ1) is 6.66. The van der Waals surface area contributed by atoms with Crippen LogP contribution in [-0.4, -0.2) is 5.33 Å². The minimum Gasteiger partial charge on any atom is -0.0925 e. The van der Waals surface area contributed by atoms with Crippen LogP contribution in [0, 0.1) is 13.8 Å². The van der Waals surface area contributed by atoms with Crippen molar-refractivity contribution in [1.29, 1.82) is 0 Å². The van der Waals surface area contributed by atoms with E-state index >= 15 is 0 Å². The number of hydrogen-bond donors (Lipinski definition) is 0. The summed E-state index contributed by atoms with van der Waals surface area (Å²) >= 11 is 3.44. The number of benzene rings is 1. The van der Waals surface area contributed by atoms with Crippen LogP contribution in [-0.2, 0) is 0 Å². The van der Waals surface area contributed by atoms with Gasteiger partial charge in [0.05, 0.1) is 0 Å². The molecule has 0 saturated heterocycles. The van der Waals surface area contributed by atoms with Gasteiger partial charge in [-0.15, -0.1) is 0 Å². The quantitative estimate of drug-likeness (QED) is 0.696. The first-order valence-corrected chi connectivity index (χ1v) is 6.08. The van der Waals surface area contributed by atoms with E-state index in [2.05, 4.69) is 61.0 Å². The van der Waals surface area contributed by atoms with E-state index in [1.54, 1.807) is 0 Å². The molecule has 0 aliphatic carbocycles. The largest absolute Gasteiger partial charge is 0.0925 e. The van der Waals surface area contributed by atoms with E-state index in [0.717, 1.165) is 11.8 Å². The molecule has 0 N–H and O–H groups in total. The minimum absolute atomic E-state index is 1.04. The van der Waals surface area contributed by atoms with Crippen LogP contribution in [0.4, 0.5) is 0 Å². The Balaban J connectivity index is 3.01. The molecule has 1 aromatic carbocycles. The molecule has 0 fully saturated rings. The van der Waals surface area contributed by atoms with Gasteiger partial charge < -0.3 is 0 Å². The van der Waals surface area contributed by atoms with Gasteiger partial charge in [-0.3, -0.25) is 0 Å². The van der Waals surface area contributed by atoms with Crippen LogP contribution in [0.25, 0.3) is 5.57 Å². The highest BCUT2D eigenvalue weighted by Gasteiger charge is 2.01. The summed E-state index contributed by atoms with van der Waals surface area (Å²) in [5.74, 6) is 0. The Morgan fingerprint density at radius 1 is 1.36 bits per heavy atom. The zero-order chi connectivity index (χ0) is 10.6. The Morgan fingerprint density at radius 2 is 2.07 bits per heavy atom. The van der Waals surface area contributed by atoms with Gasteiger partial charge in [0.15, 0.2) is 0 Å². The normalized spacial score (nSPS) is 11.9. The zero-order valence-corrected chi connectivity index (χ0v) is 10.7. The second-order valence-corrected chi connectivity index (χ2v) is 4.41. The molecule has 0 spiro atoms. The monoisotopic (exact) mass is 252 g/mol. The molecule has 0 aliphatic rings. The maximum atomic E-state index is 3.44. The topological polar surface area (TPSA) is 0 Å². The van der Waals surface area contributed by atoms with Crippen molar-refractivity contribution in [3.8, 4) is 0 Å². The van der Waals surface area contributed by atoms with Crippen molar-refractivity contribution in [1.82, 2.24) is 0 Å². The lowest BCUT2D eigenvalue weighted by Crippen LogP contribution is -1.89. The van der Waals surface area contributed by atoms with Crippen LogP contribution < -0.4 is 0 Å². The molecule has 0 radical (unpaired) electrons. The van der Waals surface area contributed by atoms with E-state index in [-0.39, 0.29) is 0 Å². The fraction of sp³-hybridized carbons (Fsp3) is 0.385. The summed E-state index contributed by atoms with van der Waals surface area (Å²) in [5, 5.41) is 1.04. The zero-order valence-electron chi connectivity index (χ0n) is 9.10. The molecule has 0 atom stereocenters. The predicted octanol–water partition coefficient (Wildman–Crippen LogP) is 4.49. The molecule has 1 aromatic rings. The van der Waals surface area contributed by atoms with Gasteiger partial charge in [0.25, 0.3) is 0 Å². The van der Waals surface area contributed by atoms with E-state index in [1.807, 2.05) is 0 Å². The molecule has 0 heterocycles. The molecule has 76 valence electrons. The van der Waals surface area contributed by atoms with Crippen molar-refractivity contribution in [2.45, 2.75) is 27.2 Å². The molecular formula is C13H17Br. The van der Waals surface area contributed by atoms with E-state index in [0.29, 0.717) is 0 Å². The van der Waals surface area contributed by atoms with Crippen molar-refractivity contribution in [2.75, 3.05) is 5.33 Å². The highest BCUT2D eigenvalue weighted by atomic mass is 79.9. The van der Waals surface area contributed by atoms with E-state index in [1.165, 1.54) is 22.3 Å². The number of rotatable bonds is 3. The molecule has 1 heteroatoms. The second-order valence-electron chi connectivity index (χ2n) is 3.61. The lowest BCUT2D eigenvalue weighted by Gasteiger charge is -2.08. The van der Waals surface area contributed by atoms with Gasteiger partial charge in [0.1, 0.15) is 0 Å². The summed E-state index contributed by atoms with van der Waals surface area (Å²) in [6, 6.07) is 6.49. The van der Waals surface area contributed by atoms with Gasteiger partial charge in [-0.2, -0.15) is 0 Å². The lowest BCUT2D eigenvalue weighted by atomic mass is 9.97. The smallest absolute Gasteiger partial charge is 0.00661 e. The maximum Gasteiger partial charge on any atom is 0.00661 e. The average Bonchev–Trinajstić information content (AvgIpc) is 2.18. The Hall–Kier alpha value is -0.560. The fourth-order valence-corrected chi connectivity index (χ4v) is 1.79. The third kappa shape index (κ3) is 2.71. The third-order valence-corrected chi connectivity index (χ3v) is 3.05. The molecule has 0 nitrogen and oxygen atoms in total. The summed E-state index contributed by atoms with van der Waals surface area (Å²) in [4.78, 5) is 0. The Labute approximate surface area is 95.2 Å². The molecular weight excluding hydrogens is 236 g/mol. The molecule has 1 rings (SSSR count). The Morgan fingerprint density at radius 3 is 2.71 bits per heavy atom. The van der Waals surface area contributed by atoms with Gasteiger partial charge >= 0.3 is 0 Å². The number of aryl methyl sites for hydroxylation is 1. The van der Waals surface area contributed by atoms with Crippen molar-refractivity contribution in [2.24, 2.45) is 0 Å². The van der Waals surface area contributed by atoms with Crippen LogP contribution in [0.2, 0.25) is 0 Å². The van der Waals surface area contributed by atoms with Crippen LogP contribution >= 0.6 is 15.9 Å². The number of allylic oxidation sites excluding steroid dienone is 2. The lowest BCUT2D eigenvalue weighted by molar-refractivity contribution is 1.24. The van der Waals surface area contributed by atoms with Gasteiger partial charge in [-0.25, -0.2) is 0 Å². The molecule has 0 aromatic heterocycles. The molecule has 0 bridgehead atoms. The number of hydrogen-bond acceptors (Lipinski definition) is 0. The summed E-state index contributed by atoms with van der Waals surface area (Å²) in [6.07, 6.45) is 3.38. The first-order valence-electron chi connectivity index (χ1n) is 4.96. The molecule has 14 heavy (non-hydrogen) atoms. The van der Waals surface area contributed by atoms with E-state index < -0.39 is 0 Å². The van der Waals surface area contributed by atoms with E-state index in [9.17, 15) is 0 Å². The third-order valence-electron chi connectivity index (χ3n) is 2.59. The van der Waals surface area contributed by atoms with Crippen molar-refractivity contribution < 1.29 is 0 Å². The van der Waals surface area contributed by atoms with Crippen molar-refractivity contribution >= 4 is 21.5 Å². The Bertz CT molecular complexity index is 337. The molecule has 0 unspecified atom stereocenters. The summed E-state index contributed by atoms with van der Waals surface area (Å²) < 4.78 is 0. The fourth-order valence-electron chi connectivity index (χ4n) is 1.56. The maximum absolute atomic E-state index is 3.44. The molecule has 0 amide bonds. The number of alkyl halides is 1. The van der Waals surface area contributed by atoms with Gasteiger partial charge in [-0.1, -0.05) is 40.2 Å². The first kappa shape index (κ1) is 11.5. The van der Waals surface area contributed by atoms with Crippen LogP contribution in [0.5, 0.6) is 0 Å². The standard InChI is InChI=1S/C13H17Br/c1-10-6-4-8-13(12(10)3)11(2)7-5-9-14/h4,6-8H,5,9H2,1-3H3. The highest BCUT2D eigenvalue weighted by molar-refractivity contribution is 9.09. The van der Waals surface area contributed by atoms with Crippen molar-refractivity contribution in [3.63, 3.8) is 0 Å². The SMILES string of the molecule is CC(=CCCBr)c1cccc(C)c1C. The molecule has 0 aliphatic heterocycles. The van der Waals surface area contributed by atoms with Crippen LogP contribution in [0.15, 0.2) is 24.3 Å². The van der Waals surface area contributed by atoms with Gasteiger partial charge in [0.2, 0.25) is 0 Å². The summed E-state index contributed by atoms with van der Waals surface area (Å²) in [6.45, 7) is 6.54. The summed E-state index contributed by atoms with van der Waals surface area (Å²) in [5.41, 5.74) is 5.53. The van der Waals surface area contributed by atoms with Crippen molar-refractivity contribution in [3.05, 3.63) is 41.0 Å². The second kappa shape index (κ2) is 5.35. The highest BCUT2D eigenvalue weighted by Crippen LogP contribution is 2.21. The molecule has 0 saturated carbocycles. The van der Waals surface area contributed by atoms with Crippen LogP contribution in [0.1, 0.15) is 30.0 Å². The minimum atomic E-state index is 1.04. The van der Waals surface area contributed by atoms with Gasteiger partial charge in [-0.05, 0) is 49.5 Å². The van der Waals surface area contributed by atoms with Gasteiger partial charge in [0, 0.05) is 5.33 Å². The number of halogens is 1.